The Morgan fingerprint density at radius 2 is 1.92 bits per heavy atom. The minimum absolute atomic E-state index is 0.0570. The summed E-state index contributed by atoms with van der Waals surface area (Å²) >= 11 is 6.71. The average molecular weight is 466 g/mol. The lowest BCUT2D eigenvalue weighted by atomic mass is 10.1. The molecule has 0 unspecified atom stereocenters. The molecule has 1 amide bonds. The third kappa shape index (κ3) is 4.84. The van der Waals surface area contributed by atoms with Crippen molar-refractivity contribution in [2.75, 3.05) is 19.5 Å². The van der Waals surface area contributed by atoms with Crippen LogP contribution in [-0.2, 0) is 4.79 Å². The second-order valence-electron chi connectivity index (χ2n) is 4.86. The van der Waals surface area contributed by atoms with Crippen molar-refractivity contribution in [1.29, 1.82) is 5.26 Å². The van der Waals surface area contributed by atoms with Crippen LogP contribution in [0.4, 0.5) is 5.69 Å². The maximum absolute atomic E-state index is 12.4. The quantitative estimate of drug-likeness (QED) is 0.509. The Morgan fingerprint density at radius 1 is 1.16 bits per heavy atom. The van der Waals surface area contributed by atoms with Crippen molar-refractivity contribution in [3.05, 3.63) is 56.5 Å². The van der Waals surface area contributed by atoms with Crippen LogP contribution in [0.1, 0.15) is 5.56 Å². The first kappa shape index (κ1) is 19.0. The summed E-state index contributed by atoms with van der Waals surface area (Å²) in [5.74, 6) is 0.420. The first-order valence-corrected chi connectivity index (χ1v) is 8.67. The predicted molar refractivity (Wildman–Crippen MR) is 104 cm³/mol. The third-order valence-corrected chi connectivity index (χ3v) is 4.17. The van der Waals surface area contributed by atoms with Crippen LogP contribution < -0.4 is 14.8 Å². The second-order valence-corrected chi connectivity index (χ2v) is 6.70. The molecule has 0 aliphatic heterocycles. The number of nitrogens with zero attached hydrogens (tertiary/aromatic N) is 1. The number of methoxy groups -OCH3 is 2. The van der Waals surface area contributed by atoms with Gasteiger partial charge in [0.25, 0.3) is 5.91 Å². The van der Waals surface area contributed by atoms with Gasteiger partial charge in [0, 0.05) is 20.2 Å². The summed E-state index contributed by atoms with van der Waals surface area (Å²) in [5, 5.41) is 12.1. The number of amides is 1. The van der Waals surface area contributed by atoms with Gasteiger partial charge in [0.05, 0.1) is 14.2 Å². The maximum Gasteiger partial charge on any atom is 0.266 e. The van der Waals surface area contributed by atoms with Gasteiger partial charge >= 0.3 is 0 Å². The lowest BCUT2D eigenvalue weighted by Crippen LogP contribution is -2.13. The fourth-order valence-electron chi connectivity index (χ4n) is 2.13. The van der Waals surface area contributed by atoms with Crippen LogP contribution in [0, 0.1) is 11.3 Å². The number of benzene rings is 2. The van der Waals surface area contributed by atoms with E-state index in [-0.39, 0.29) is 5.57 Å². The zero-order valence-electron chi connectivity index (χ0n) is 13.5. The molecule has 0 radical (unpaired) electrons. The summed E-state index contributed by atoms with van der Waals surface area (Å²) in [5.41, 5.74) is 1.08. The number of carbonyl (C=O) groups is 1. The van der Waals surface area contributed by atoms with Gasteiger partial charge in [-0.25, -0.2) is 0 Å². The molecule has 0 bridgehead atoms. The van der Waals surface area contributed by atoms with Crippen LogP contribution in [0.2, 0.25) is 0 Å². The third-order valence-electron chi connectivity index (χ3n) is 3.22. The number of hydrogen-bond donors (Lipinski definition) is 1. The van der Waals surface area contributed by atoms with E-state index in [2.05, 4.69) is 37.2 Å². The van der Waals surface area contributed by atoms with Gasteiger partial charge in [0.2, 0.25) is 0 Å². The zero-order valence-corrected chi connectivity index (χ0v) is 16.6. The molecule has 0 heterocycles. The molecule has 5 nitrogen and oxygen atoms in total. The molecule has 0 saturated carbocycles. The molecule has 25 heavy (non-hydrogen) atoms. The summed E-state index contributed by atoms with van der Waals surface area (Å²) in [4.78, 5) is 12.4. The highest BCUT2D eigenvalue weighted by molar-refractivity contribution is 9.10. The van der Waals surface area contributed by atoms with E-state index < -0.39 is 5.91 Å². The van der Waals surface area contributed by atoms with Crippen molar-refractivity contribution in [2.24, 2.45) is 0 Å². The lowest BCUT2D eigenvalue weighted by Gasteiger charge is -2.12. The van der Waals surface area contributed by atoms with Crippen molar-refractivity contribution in [3.8, 4) is 17.6 Å². The molecular formula is C18H14Br2N2O3. The molecule has 0 aliphatic rings. The van der Waals surface area contributed by atoms with Crippen LogP contribution in [0.15, 0.2) is 50.9 Å². The van der Waals surface area contributed by atoms with Gasteiger partial charge < -0.3 is 14.8 Å². The van der Waals surface area contributed by atoms with Gasteiger partial charge in [0.1, 0.15) is 11.6 Å². The molecule has 128 valence electrons. The molecule has 1 N–H and O–H groups in total. The zero-order chi connectivity index (χ0) is 18.4. The minimum Gasteiger partial charge on any atom is -0.493 e. The number of nitriles is 1. The molecule has 0 aliphatic carbocycles. The molecule has 2 aromatic carbocycles. The first-order chi connectivity index (χ1) is 12.0. The van der Waals surface area contributed by atoms with E-state index in [0.717, 1.165) is 8.95 Å². The summed E-state index contributed by atoms with van der Waals surface area (Å²) in [6.45, 7) is 0. The average Bonchev–Trinajstić information content (AvgIpc) is 2.58. The second kappa shape index (κ2) is 8.70. The van der Waals surface area contributed by atoms with Crippen molar-refractivity contribution >= 4 is 49.5 Å². The topological polar surface area (TPSA) is 71.3 Å². The van der Waals surface area contributed by atoms with E-state index in [0.29, 0.717) is 22.7 Å². The predicted octanol–water partition coefficient (Wildman–Crippen LogP) is 4.77. The van der Waals surface area contributed by atoms with Gasteiger partial charge in [-0.2, -0.15) is 5.26 Å². The molecule has 0 spiro atoms. The van der Waals surface area contributed by atoms with E-state index in [9.17, 15) is 10.1 Å². The van der Waals surface area contributed by atoms with E-state index in [1.54, 1.807) is 30.3 Å². The molecule has 0 saturated heterocycles. The van der Waals surface area contributed by atoms with Gasteiger partial charge in [-0.05, 0) is 36.4 Å². The molecule has 0 fully saturated rings. The Bertz CT molecular complexity index is 873. The van der Waals surface area contributed by atoms with Crippen LogP contribution in [0.5, 0.6) is 11.5 Å². The van der Waals surface area contributed by atoms with Crippen LogP contribution in [-0.4, -0.2) is 20.1 Å². The van der Waals surface area contributed by atoms with Gasteiger partial charge in [0.15, 0.2) is 11.5 Å². The molecule has 2 aromatic rings. The summed E-state index contributed by atoms with van der Waals surface area (Å²) in [7, 11) is 3.01. The lowest BCUT2D eigenvalue weighted by molar-refractivity contribution is -0.112. The van der Waals surface area contributed by atoms with Gasteiger partial charge in [-0.3, -0.25) is 4.79 Å². The monoisotopic (exact) mass is 464 g/mol. The molecule has 7 heteroatoms. The Kier molecular flexibility index (Phi) is 6.62. The maximum atomic E-state index is 12.4. The molecule has 2 rings (SSSR count). The number of hydrogen-bond acceptors (Lipinski definition) is 4. The van der Waals surface area contributed by atoms with E-state index in [4.69, 9.17) is 9.47 Å². The van der Waals surface area contributed by atoms with Gasteiger partial charge in [-0.1, -0.05) is 37.9 Å². The highest BCUT2D eigenvalue weighted by Gasteiger charge is 2.15. The number of rotatable bonds is 5. The van der Waals surface area contributed by atoms with Gasteiger partial charge in [-0.15, -0.1) is 0 Å². The van der Waals surface area contributed by atoms with E-state index >= 15 is 0 Å². The SMILES string of the molecule is COc1cc(Br)cc(/C=C(/C#N)C(=O)Nc2cccc(Br)c2)c1OC. The highest BCUT2D eigenvalue weighted by atomic mass is 79.9. The van der Waals surface area contributed by atoms with Crippen molar-refractivity contribution < 1.29 is 14.3 Å². The number of carbonyl (C=O) groups excluding carboxylic acids is 1. The Balaban J connectivity index is 2.39. The van der Waals surface area contributed by atoms with E-state index in [1.165, 1.54) is 20.3 Å². The minimum atomic E-state index is -0.512. The number of halogens is 2. The Morgan fingerprint density at radius 3 is 2.52 bits per heavy atom. The smallest absolute Gasteiger partial charge is 0.266 e. The Labute approximate surface area is 162 Å². The van der Waals surface area contributed by atoms with Crippen LogP contribution >= 0.6 is 31.9 Å². The fourth-order valence-corrected chi connectivity index (χ4v) is 2.99. The summed E-state index contributed by atoms with van der Waals surface area (Å²) < 4.78 is 12.2. The van der Waals surface area contributed by atoms with E-state index in [1.807, 2.05) is 12.1 Å². The summed E-state index contributed by atoms with van der Waals surface area (Å²) in [6.07, 6.45) is 1.46. The fraction of sp³-hybridized carbons (Fsp3) is 0.111. The largest absolute Gasteiger partial charge is 0.493 e. The molecular weight excluding hydrogens is 452 g/mol. The van der Waals surface area contributed by atoms with Crippen molar-refractivity contribution in [2.45, 2.75) is 0 Å². The van der Waals surface area contributed by atoms with Crippen LogP contribution in [0.25, 0.3) is 6.08 Å². The Hall–Kier alpha value is -2.30. The normalized spacial score (nSPS) is 10.8. The summed E-state index contributed by atoms with van der Waals surface area (Å²) in [6, 6.07) is 12.5. The van der Waals surface area contributed by atoms with Crippen LogP contribution in [0.3, 0.4) is 0 Å². The first-order valence-electron chi connectivity index (χ1n) is 7.08. The number of nitrogens with one attached hydrogen (secondary N) is 1. The van der Waals surface area contributed by atoms with Crippen molar-refractivity contribution in [3.63, 3.8) is 0 Å². The number of anilines is 1. The number of ether oxygens (including phenoxy) is 2. The molecule has 0 aromatic heterocycles. The highest BCUT2D eigenvalue weighted by Crippen LogP contribution is 2.36. The standard InChI is InChI=1S/C18H14Br2N2O3/c1-24-16-9-14(20)7-11(17(16)25-2)6-12(10-21)18(23)22-15-5-3-4-13(19)8-15/h3-9H,1-2H3,(H,22,23)/b12-6-. The van der Waals surface area contributed by atoms with Crippen molar-refractivity contribution in [1.82, 2.24) is 0 Å². The molecule has 0 atom stereocenters.